The smallest absolute Gasteiger partial charge is 0.251 e. The second-order valence-corrected chi connectivity index (χ2v) is 8.75. The lowest BCUT2D eigenvalue weighted by molar-refractivity contribution is 0.0932. The maximum atomic E-state index is 13.0. The summed E-state index contributed by atoms with van der Waals surface area (Å²) in [6.07, 6.45) is 0.815. The van der Waals surface area contributed by atoms with Crippen molar-refractivity contribution in [3.8, 4) is 11.1 Å². The van der Waals surface area contributed by atoms with Crippen LogP contribution in [0.3, 0.4) is 0 Å². The zero-order valence-electron chi connectivity index (χ0n) is 18.4. The summed E-state index contributed by atoms with van der Waals surface area (Å²) in [7, 11) is 4.07. The van der Waals surface area contributed by atoms with E-state index < -0.39 is 0 Å². The standard InChI is InChI=1S/C28H27ClN2O/c1-31(2)18-17-27(22-13-15-26(29)16-14-22)30-28(32)23-10-7-21(8-11-23)25-12-9-20-5-3-4-6-24(20)19-25/h3-16,19,27H,17-18H2,1-2H3,(H,30,32)/t27-/m0/s1. The first-order valence-corrected chi connectivity index (χ1v) is 11.2. The first-order chi connectivity index (χ1) is 15.5. The average molecular weight is 443 g/mol. The summed E-state index contributed by atoms with van der Waals surface area (Å²) in [4.78, 5) is 15.1. The summed E-state index contributed by atoms with van der Waals surface area (Å²) < 4.78 is 0. The average Bonchev–Trinajstić information content (AvgIpc) is 2.82. The molecule has 0 saturated carbocycles. The van der Waals surface area contributed by atoms with Gasteiger partial charge in [0.15, 0.2) is 0 Å². The Morgan fingerprint density at radius 1 is 0.844 bits per heavy atom. The molecule has 0 heterocycles. The molecule has 0 saturated heterocycles. The molecular weight excluding hydrogens is 416 g/mol. The molecule has 0 fully saturated rings. The molecule has 1 N–H and O–H groups in total. The third-order valence-electron chi connectivity index (χ3n) is 5.67. The van der Waals surface area contributed by atoms with Crippen LogP contribution < -0.4 is 5.32 Å². The minimum absolute atomic E-state index is 0.0752. The van der Waals surface area contributed by atoms with Crippen molar-refractivity contribution >= 4 is 28.3 Å². The summed E-state index contributed by atoms with van der Waals surface area (Å²) in [5.74, 6) is -0.0752. The summed E-state index contributed by atoms with van der Waals surface area (Å²) in [6, 6.07) is 30.2. The highest BCUT2D eigenvalue weighted by atomic mass is 35.5. The van der Waals surface area contributed by atoms with Crippen molar-refractivity contribution in [3.05, 3.63) is 107 Å². The van der Waals surface area contributed by atoms with Gasteiger partial charge in [0.05, 0.1) is 6.04 Å². The van der Waals surface area contributed by atoms with Crippen LogP contribution in [0.4, 0.5) is 0 Å². The summed E-state index contributed by atoms with van der Waals surface area (Å²) in [6.45, 7) is 0.870. The van der Waals surface area contributed by atoms with Crippen LogP contribution in [0.5, 0.6) is 0 Å². The Kier molecular flexibility index (Phi) is 6.89. The highest BCUT2D eigenvalue weighted by molar-refractivity contribution is 6.30. The number of rotatable bonds is 7. The lowest BCUT2D eigenvalue weighted by Crippen LogP contribution is -2.31. The molecule has 0 spiro atoms. The van der Waals surface area contributed by atoms with Gasteiger partial charge in [-0.1, -0.05) is 72.3 Å². The quantitative estimate of drug-likeness (QED) is 0.350. The molecule has 0 aliphatic carbocycles. The number of carbonyl (C=O) groups is 1. The van der Waals surface area contributed by atoms with E-state index in [-0.39, 0.29) is 11.9 Å². The van der Waals surface area contributed by atoms with E-state index in [1.807, 2.05) is 74.8 Å². The van der Waals surface area contributed by atoms with Crippen LogP contribution in [0, 0.1) is 0 Å². The zero-order chi connectivity index (χ0) is 22.5. The molecule has 0 unspecified atom stereocenters. The van der Waals surface area contributed by atoms with E-state index >= 15 is 0 Å². The molecule has 0 radical (unpaired) electrons. The molecule has 4 aromatic carbocycles. The van der Waals surface area contributed by atoms with Crippen LogP contribution in [0.25, 0.3) is 21.9 Å². The number of nitrogens with one attached hydrogen (secondary N) is 1. The van der Waals surface area contributed by atoms with E-state index in [1.165, 1.54) is 10.8 Å². The van der Waals surface area contributed by atoms with Crippen LogP contribution >= 0.6 is 11.6 Å². The van der Waals surface area contributed by atoms with Crippen molar-refractivity contribution in [2.24, 2.45) is 0 Å². The van der Waals surface area contributed by atoms with E-state index in [2.05, 4.69) is 40.5 Å². The van der Waals surface area contributed by atoms with Crippen LogP contribution in [-0.2, 0) is 0 Å². The molecule has 0 aliphatic rings. The fourth-order valence-corrected chi connectivity index (χ4v) is 3.96. The van der Waals surface area contributed by atoms with E-state index in [4.69, 9.17) is 11.6 Å². The first kappa shape index (κ1) is 22.1. The van der Waals surface area contributed by atoms with Crippen molar-refractivity contribution in [3.63, 3.8) is 0 Å². The Hall–Kier alpha value is -3.14. The Morgan fingerprint density at radius 3 is 2.19 bits per heavy atom. The van der Waals surface area contributed by atoms with Gasteiger partial charge in [0.1, 0.15) is 0 Å². The van der Waals surface area contributed by atoms with Crippen LogP contribution in [-0.4, -0.2) is 31.4 Å². The number of amides is 1. The van der Waals surface area contributed by atoms with Crippen LogP contribution in [0.2, 0.25) is 5.02 Å². The Bertz CT molecular complexity index is 1200. The first-order valence-electron chi connectivity index (χ1n) is 10.8. The van der Waals surface area contributed by atoms with Crippen LogP contribution in [0.1, 0.15) is 28.4 Å². The van der Waals surface area contributed by atoms with Gasteiger partial charge in [-0.05, 0) is 84.9 Å². The van der Waals surface area contributed by atoms with Gasteiger partial charge in [-0.2, -0.15) is 0 Å². The van der Waals surface area contributed by atoms with Crippen LogP contribution in [0.15, 0.2) is 91.0 Å². The van der Waals surface area contributed by atoms with Gasteiger partial charge in [0, 0.05) is 10.6 Å². The number of hydrogen-bond donors (Lipinski definition) is 1. The topological polar surface area (TPSA) is 32.3 Å². The van der Waals surface area contributed by atoms with Gasteiger partial charge in [-0.15, -0.1) is 0 Å². The second-order valence-electron chi connectivity index (χ2n) is 8.31. The van der Waals surface area contributed by atoms with Crippen molar-refractivity contribution in [1.29, 1.82) is 0 Å². The highest BCUT2D eigenvalue weighted by Crippen LogP contribution is 2.25. The minimum atomic E-state index is -0.0812. The molecule has 4 rings (SSSR count). The number of fused-ring (bicyclic) bond motifs is 1. The molecule has 1 atom stereocenters. The molecule has 3 nitrogen and oxygen atoms in total. The molecule has 4 heteroatoms. The minimum Gasteiger partial charge on any atom is -0.345 e. The van der Waals surface area contributed by atoms with Gasteiger partial charge >= 0.3 is 0 Å². The number of halogens is 1. The van der Waals surface area contributed by atoms with Gasteiger partial charge in [0.2, 0.25) is 0 Å². The Balaban J connectivity index is 1.51. The molecule has 32 heavy (non-hydrogen) atoms. The molecule has 0 bridgehead atoms. The normalized spacial score (nSPS) is 12.1. The third kappa shape index (κ3) is 5.37. The molecule has 4 aromatic rings. The Labute approximate surface area is 194 Å². The van der Waals surface area contributed by atoms with E-state index in [9.17, 15) is 4.79 Å². The van der Waals surface area contributed by atoms with E-state index in [0.717, 1.165) is 29.7 Å². The summed E-state index contributed by atoms with van der Waals surface area (Å²) in [5, 5.41) is 6.32. The van der Waals surface area contributed by atoms with Crippen molar-refractivity contribution in [2.45, 2.75) is 12.5 Å². The predicted molar refractivity (Wildman–Crippen MR) is 134 cm³/mol. The fourth-order valence-electron chi connectivity index (χ4n) is 3.83. The van der Waals surface area contributed by atoms with Crippen molar-refractivity contribution < 1.29 is 4.79 Å². The molecule has 0 aliphatic heterocycles. The SMILES string of the molecule is CN(C)CC[C@H](NC(=O)c1ccc(-c2ccc3ccccc3c2)cc1)c1ccc(Cl)cc1. The molecule has 162 valence electrons. The fraction of sp³-hybridized carbons (Fsp3) is 0.179. The van der Waals surface area contributed by atoms with Gasteiger partial charge in [-0.3, -0.25) is 4.79 Å². The lowest BCUT2D eigenvalue weighted by Gasteiger charge is -2.21. The number of benzene rings is 4. The highest BCUT2D eigenvalue weighted by Gasteiger charge is 2.16. The maximum absolute atomic E-state index is 13.0. The van der Waals surface area contributed by atoms with Crippen molar-refractivity contribution in [1.82, 2.24) is 10.2 Å². The lowest BCUT2D eigenvalue weighted by atomic mass is 9.99. The van der Waals surface area contributed by atoms with E-state index in [1.54, 1.807) is 0 Å². The zero-order valence-corrected chi connectivity index (χ0v) is 19.1. The predicted octanol–water partition coefficient (Wildman–Crippen LogP) is 6.58. The molecular formula is C28H27ClN2O. The second kappa shape index (κ2) is 9.99. The monoisotopic (exact) mass is 442 g/mol. The third-order valence-corrected chi connectivity index (χ3v) is 5.92. The number of carbonyl (C=O) groups excluding carboxylic acids is 1. The maximum Gasteiger partial charge on any atom is 0.251 e. The molecule has 1 amide bonds. The van der Waals surface area contributed by atoms with Crippen molar-refractivity contribution in [2.75, 3.05) is 20.6 Å². The molecule has 0 aromatic heterocycles. The van der Waals surface area contributed by atoms with Gasteiger partial charge in [-0.25, -0.2) is 0 Å². The number of nitrogens with zero attached hydrogens (tertiary/aromatic N) is 1. The largest absolute Gasteiger partial charge is 0.345 e. The summed E-state index contributed by atoms with van der Waals surface area (Å²) in [5.41, 5.74) is 3.94. The van der Waals surface area contributed by atoms with Gasteiger partial charge < -0.3 is 10.2 Å². The summed E-state index contributed by atoms with van der Waals surface area (Å²) >= 11 is 6.05. The van der Waals surface area contributed by atoms with Gasteiger partial charge in [0.25, 0.3) is 5.91 Å². The Morgan fingerprint density at radius 2 is 1.50 bits per heavy atom. The number of hydrogen-bond acceptors (Lipinski definition) is 2. The van der Waals surface area contributed by atoms with E-state index in [0.29, 0.717) is 10.6 Å².